The van der Waals surface area contributed by atoms with Gasteiger partial charge < -0.3 is 20.4 Å². The smallest absolute Gasteiger partial charge is 0.317 e. The van der Waals surface area contributed by atoms with E-state index in [9.17, 15) is 4.79 Å². The first-order valence-corrected chi connectivity index (χ1v) is 6.98. The van der Waals surface area contributed by atoms with E-state index in [0.29, 0.717) is 12.5 Å². The van der Waals surface area contributed by atoms with Gasteiger partial charge in [0.25, 0.3) is 0 Å². The predicted octanol–water partition coefficient (Wildman–Crippen LogP) is 0.535. The summed E-state index contributed by atoms with van der Waals surface area (Å²) in [6, 6.07) is 0. The molecule has 18 heavy (non-hydrogen) atoms. The van der Waals surface area contributed by atoms with Gasteiger partial charge >= 0.3 is 5.97 Å². The maximum atomic E-state index is 10.4. The van der Waals surface area contributed by atoms with Crippen LogP contribution in [0.2, 0.25) is 0 Å². The molecular weight excluding hydrogens is 232 g/mol. The van der Waals surface area contributed by atoms with Crippen LogP contribution in [-0.4, -0.2) is 60.4 Å². The number of hydrogen-bond acceptors (Lipinski definition) is 4. The Kier molecular flexibility index (Phi) is 7.96. The molecule has 1 atom stereocenters. The SMILES string of the molecule is O=C(O)CNCC1CCCN(CCCCCO)C1. The van der Waals surface area contributed by atoms with Crippen molar-refractivity contribution in [2.45, 2.75) is 32.1 Å². The Morgan fingerprint density at radius 1 is 1.33 bits per heavy atom. The third-order valence-corrected chi connectivity index (χ3v) is 3.44. The first-order chi connectivity index (χ1) is 8.72. The lowest BCUT2D eigenvalue weighted by atomic mass is 9.97. The van der Waals surface area contributed by atoms with Crippen molar-refractivity contribution in [1.82, 2.24) is 10.2 Å². The highest BCUT2D eigenvalue weighted by molar-refractivity contribution is 5.68. The minimum absolute atomic E-state index is 0.0625. The third kappa shape index (κ3) is 6.93. The molecule has 3 N–H and O–H groups in total. The van der Waals surface area contributed by atoms with Crippen molar-refractivity contribution < 1.29 is 15.0 Å². The number of aliphatic hydroxyl groups excluding tert-OH is 1. The average Bonchev–Trinajstić information content (AvgIpc) is 2.35. The lowest BCUT2D eigenvalue weighted by Gasteiger charge is -2.32. The zero-order chi connectivity index (χ0) is 13.2. The quantitative estimate of drug-likeness (QED) is 0.526. The molecule has 1 aliphatic rings. The van der Waals surface area contributed by atoms with Crippen molar-refractivity contribution in [2.24, 2.45) is 5.92 Å². The van der Waals surface area contributed by atoms with Gasteiger partial charge in [-0.15, -0.1) is 0 Å². The lowest BCUT2D eigenvalue weighted by molar-refractivity contribution is -0.136. The Morgan fingerprint density at radius 2 is 2.17 bits per heavy atom. The highest BCUT2D eigenvalue weighted by Gasteiger charge is 2.19. The maximum absolute atomic E-state index is 10.4. The van der Waals surface area contributed by atoms with Crippen molar-refractivity contribution in [3.05, 3.63) is 0 Å². The topological polar surface area (TPSA) is 72.8 Å². The summed E-state index contributed by atoms with van der Waals surface area (Å²) in [5, 5.41) is 20.3. The summed E-state index contributed by atoms with van der Waals surface area (Å²) >= 11 is 0. The largest absolute Gasteiger partial charge is 0.480 e. The standard InChI is InChI=1S/C13H26N2O3/c16-8-3-1-2-6-15-7-4-5-12(11-15)9-14-10-13(17)18/h12,14,16H,1-11H2,(H,17,18). The minimum atomic E-state index is -0.785. The van der Waals surface area contributed by atoms with Gasteiger partial charge in [0.2, 0.25) is 0 Å². The molecular formula is C13H26N2O3. The molecule has 0 spiro atoms. The molecule has 1 aliphatic heterocycles. The van der Waals surface area contributed by atoms with E-state index in [0.717, 1.165) is 45.4 Å². The van der Waals surface area contributed by atoms with E-state index in [1.165, 1.54) is 12.8 Å². The Labute approximate surface area is 109 Å². The summed E-state index contributed by atoms with van der Waals surface area (Å²) in [7, 11) is 0. The average molecular weight is 258 g/mol. The van der Waals surface area contributed by atoms with E-state index in [1.807, 2.05) is 0 Å². The van der Waals surface area contributed by atoms with Gasteiger partial charge in [-0.1, -0.05) is 0 Å². The Hall–Kier alpha value is -0.650. The van der Waals surface area contributed by atoms with Crippen LogP contribution < -0.4 is 5.32 Å². The van der Waals surface area contributed by atoms with Crippen molar-refractivity contribution in [3.63, 3.8) is 0 Å². The first kappa shape index (κ1) is 15.4. The number of aliphatic hydroxyl groups is 1. The van der Waals surface area contributed by atoms with Gasteiger partial charge in [0.15, 0.2) is 0 Å². The van der Waals surface area contributed by atoms with E-state index in [1.54, 1.807) is 0 Å². The fourth-order valence-electron chi connectivity index (χ4n) is 2.53. The molecule has 0 bridgehead atoms. The molecule has 0 aromatic heterocycles. The fourth-order valence-corrected chi connectivity index (χ4v) is 2.53. The third-order valence-electron chi connectivity index (χ3n) is 3.44. The van der Waals surface area contributed by atoms with E-state index in [-0.39, 0.29) is 6.54 Å². The van der Waals surface area contributed by atoms with Gasteiger partial charge in [0.1, 0.15) is 0 Å². The number of carboxylic acid groups (broad SMARTS) is 1. The molecule has 1 unspecified atom stereocenters. The van der Waals surface area contributed by atoms with Gasteiger partial charge in [-0.05, 0) is 57.7 Å². The molecule has 1 fully saturated rings. The molecule has 0 radical (unpaired) electrons. The molecule has 0 aromatic carbocycles. The predicted molar refractivity (Wildman–Crippen MR) is 70.6 cm³/mol. The van der Waals surface area contributed by atoms with E-state index in [4.69, 9.17) is 10.2 Å². The number of carbonyl (C=O) groups is 1. The van der Waals surface area contributed by atoms with Crippen molar-refractivity contribution in [2.75, 3.05) is 39.3 Å². The Balaban J connectivity index is 2.09. The molecule has 1 heterocycles. The molecule has 5 nitrogen and oxygen atoms in total. The van der Waals surface area contributed by atoms with Gasteiger partial charge in [-0.25, -0.2) is 0 Å². The van der Waals surface area contributed by atoms with Crippen LogP contribution in [0.25, 0.3) is 0 Å². The van der Waals surface area contributed by atoms with Gasteiger partial charge in [0.05, 0.1) is 6.54 Å². The number of aliphatic carboxylic acids is 1. The maximum Gasteiger partial charge on any atom is 0.317 e. The van der Waals surface area contributed by atoms with Crippen molar-refractivity contribution >= 4 is 5.97 Å². The molecule has 106 valence electrons. The number of unbranched alkanes of at least 4 members (excludes halogenated alkanes) is 2. The van der Waals surface area contributed by atoms with E-state index < -0.39 is 5.97 Å². The molecule has 5 heteroatoms. The molecule has 1 saturated heterocycles. The number of piperidine rings is 1. The van der Waals surface area contributed by atoms with Gasteiger partial charge in [-0.3, -0.25) is 4.79 Å². The van der Waals surface area contributed by atoms with Gasteiger partial charge in [0, 0.05) is 13.2 Å². The Morgan fingerprint density at radius 3 is 2.89 bits per heavy atom. The summed E-state index contributed by atoms with van der Waals surface area (Å²) < 4.78 is 0. The second kappa shape index (κ2) is 9.30. The zero-order valence-corrected chi connectivity index (χ0v) is 11.1. The number of rotatable bonds is 9. The monoisotopic (exact) mass is 258 g/mol. The summed E-state index contributed by atoms with van der Waals surface area (Å²) in [4.78, 5) is 12.9. The molecule has 0 amide bonds. The molecule has 0 aliphatic carbocycles. The number of nitrogens with one attached hydrogen (secondary N) is 1. The molecule has 0 saturated carbocycles. The highest BCUT2D eigenvalue weighted by atomic mass is 16.4. The zero-order valence-electron chi connectivity index (χ0n) is 11.1. The number of likely N-dealkylation sites (tertiary alicyclic amines) is 1. The van der Waals surface area contributed by atoms with Crippen molar-refractivity contribution in [1.29, 1.82) is 0 Å². The minimum Gasteiger partial charge on any atom is -0.480 e. The van der Waals surface area contributed by atoms with Crippen LogP contribution in [0.1, 0.15) is 32.1 Å². The highest BCUT2D eigenvalue weighted by Crippen LogP contribution is 2.16. The first-order valence-electron chi connectivity index (χ1n) is 6.98. The molecule has 1 rings (SSSR count). The number of hydrogen-bond donors (Lipinski definition) is 3. The summed E-state index contributed by atoms with van der Waals surface area (Å²) in [6.45, 7) is 4.50. The normalized spacial score (nSPS) is 21.1. The van der Waals surface area contributed by atoms with Crippen LogP contribution in [0.4, 0.5) is 0 Å². The summed E-state index contributed by atoms with van der Waals surface area (Å²) in [5.41, 5.74) is 0. The summed E-state index contributed by atoms with van der Waals surface area (Å²) in [6.07, 6.45) is 5.54. The fraction of sp³-hybridized carbons (Fsp3) is 0.923. The van der Waals surface area contributed by atoms with Crippen LogP contribution in [0, 0.1) is 5.92 Å². The van der Waals surface area contributed by atoms with E-state index >= 15 is 0 Å². The van der Waals surface area contributed by atoms with E-state index in [2.05, 4.69) is 10.2 Å². The number of carboxylic acids is 1. The van der Waals surface area contributed by atoms with Crippen LogP contribution in [0.15, 0.2) is 0 Å². The van der Waals surface area contributed by atoms with Crippen LogP contribution in [-0.2, 0) is 4.79 Å². The van der Waals surface area contributed by atoms with Crippen molar-refractivity contribution in [3.8, 4) is 0 Å². The summed E-state index contributed by atoms with van der Waals surface area (Å²) in [5.74, 6) is -0.206. The number of nitrogens with zero attached hydrogens (tertiary/aromatic N) is 1. The van der Waals surface area contributed by atoms with Crippen LogP contribution in [0.5, 0.6) is 0 Å². The second-order valence-corrected chi connectivity index (χ2v) is 5.12. The second-order valence-electron chi connectivity index (χ2n) is 5.12. The van der Waals surface area contributed by atoms with Gasteiger partial charge in [-0.2, -0.15) is 0 Å². The van der Waals surface area contributed by atoms with Crippen LogP contribution in [0.3, 0.4) is 0 Å². The van der Waals surface area contributed by atoms with Crippen LogP contribution >= 0.6 is 0 Å². The Bertz CT molecular complexity index is 236. The lowest BCUT2D eigenvalue weighted by Crippen LogP contribution is -2.40. The molecule has 0 aromatic rings.